The molecule has 24 heavy (non-hydrogen) atoms. The van der Waals surface area contributed by atoms with Crippen LogP contribution in [0.15, 0.2) is 48.8 Å². The van der Waals surface area contributed by atoms with Crippen LogP contribution >= 0.6 is 0 Å². The fraction of sp³-hybridized carbons (Fsp3) is 0.350. The molecule has 0 aliphatic carbocycles. The van der Waals surface area contributed by atoms with Crippen LogP contribution in [0.4, 0.5) is 0 Å². The van der Waals surface area contributed by atoms with Gasteiger partial charge in [-0.15, -0.1) is 0 Å². The normalized spacial score (nSPS) is 10.9. The lowest BCUT2D eigenvalue weighted by atomic mass is 9.86. The van der Waals surface area contributed by atoms with E-state index < -0.39 is 0 Å². The molecule has 0 fully saturated rings. The van der Waals surface area contributed by atoms with E-state index in [-0.39, 0.29) is 11.3 Å². The van der Waals surface area contributed by atoms with Crippen molar-refractivity contribution in [2.75, 3.05) is 6.54 Å². The zero-order chi connectivity index (χ0) is 17.6. The van der Waals surface area contributed by atoms with E-state index in [2.05, 4.69) is 31.8 Å². The number of carbonyl (C=O) groups excluding carboxylic acids is 1. The SMILES string of the molecule is CC(C)(C)c1ccc(C(=O)N(CCC#N)Cc2cccnc2)cc1. The summed E-state index contributed by atoms with van der Waals surface area (Å²) >= 11 is 0. The molecule has 1 aromatic carbocycles. The minimum Gasteiger partial charge on any atom is -0.333 e. The molecule has 1 aromatic heterocycles. The molecule has 2 rings (SSSR count). The average Bonchev–Trinajstić information content (AvgIpc) is 2.58. The highest BCUT2D eigenvalue weighted by atomic mass is 16.2. The van der Waals surface area contributed by atoms with E-state index in [1.807, 2.05) is 36.4 Å². The molecule has 0 radical (unpaired) electrons. The topological polar surface area (TPSA) is 57.0 Å². The number of benzene rings is 1. The number of amides is 1. The molecule has 0 bridgehead atoms. The van der Waals surface area contributed by atoms with Gasteiger partial charge in [0, 0.05) is 31.0 Å². The van der Waals surface area contributed by atoms with Gasteiger partial charge in [-0.05, 0) is 34.7 Å². The van der Waals surface area contributed by atoms with Crippen LogP contribution in [0.5, 0.6) is 0 Å². The first-order valence-electron chi connectivity index (χ1n) is 8.07. The summed E-state index contributed by atoms with van der Waals surface area (Å²) in [7, 11) is 0. The third-order valence-electron chi connectivity index (χ3n) is 3.87. The molecule has 1 amide bonds. The van der Waals surface area contributed by atoms with Crippen molar-refractivity contribution in [2.24, 2.45) is 0 Å². The molecule has 124 valence electrons. The van der Waals surface area contributed by atoms with Crippen molar-refractivity contribution >= 4 is 5.91 Å². The molecular formula is C20H23N3O. The van der Waals surface area contributed by atoms with E-state index in [9.17, 15) is 4.79 Å². The number of hydrogen-bond donors (Lipinski definition) is 0. The Morgan fingerprint density at radius 3 is 2.46 bits per heavy atom. The molecule has 0 atom stereocenters. The van der Waals surface area contributed by atoms with Crippen molar-refractivity contribution in [3.05, 3.63) is 65.5 Å². The van der Waals surface area contributed by atoms with Gasteiger partial charge in [0.25, 0.3) is 5.91 Å². The van der Waals surface area contributed by atoms with E-state index in [1.54, 1.807) is 17.3 Å². The third kappa shape index (κ3) is 4.66. The minimum atomic E-state index is -0.0606. The molecule has 2 aromatic rings. The number of rotatable bonds is 5. The van der Waals surface area contributed by atoms with Gasteiger partial charge in [-0.3, -0.25) is 9.78 Å². The van der Waals surface area contributed by atoms with Crippen LogP contribution in [-0.2, 0) is 12.0 Å². The Morgan fingerprint density at radius 1 is 1.21 bits per heavy atom. The van der Waals surface area contributed by atoms with Crippen LogP contribution in [0, 0.1) is 11.3 Å². The Hall–Kier alpha value is -2.67. The number of pyridine rings is 1. The zero-order valence-corrected chi connectivity index (χ0v) is 14.5. The zero-order valence-electron chi connectivity index (χ0n) is 14.5. The predicted octanol–water partition coefficient (Wildman–Crippen LogP) is 3.94. The first-order chi connectivity index (χ1) is 11.4. The van der Waals surface area contributed by atoms with Crippen LogP contribution in [-0.4, -0.2) is 22.3 Å². The summed E-state index contributed by atoms with van der Waals surface area (Å²) in [6.07, 6.45) is 3.76. The Bertz CT molecular complexity index is 709. The smallest absolute Gasteiger partial charge is 0.254 e. The van der Waals surface area contributed by atoms with E-state index in [1.165, 1.54) is 5.56 Å². The lowest BCUT2D eigenvalue weighted by Gasteiger charge is -2.23. The van der Waals surface area contributed by atoms with Gasteiger partial charge in [-0.1, -0.05) is 39.0 Å². The second-order valence-corrected chi connectivity index (χ2v) is 6.82. The second kappa shape index (κ2) is 7.74. The molecule has 4 nitrogen and oxygen atoms in total. The fourth-order valence-electron chi connectivity index (χ4n) is 2.44. The molecule has 0 saturated carbocycles. The maximum absolute atomic E-state index is 12.8. The molecule has 0 unspecified atom stereocenters. The minimum absolute atomic E-state index is 0.0534. The summed E-state index contributed by atoms with van der Waals surface area (Å²) < 4.78 is 0. The maximum atomic E-state index is 12.8. The van der Waals surface area contributed by atoms with Crippen LogP contribution < -0.4 is 0 Å². The fourth-order valence-corrected chi connectivity index (χ4v) is 2.44. The highest BCUT2D eigenvalue weighted by Crippen LogP contribution is 2.22. The molecule has 0 aliphatic heterocycles. The molecule has 0 spiro atoms. The molecule has 1 heterocycles. The summed E-state index contributed by atoms with van der Waals surface area (Å²) in [4.78, 5) is 18.6. The molecular weight excluding hydrogens is 298 g/mol. The number of aromatic nitrogens is 1. The van der Waals surface area contributed by atoms with E-state index in [0.29, 0.717) is 25.1 Å². The Labute approximate surface area is 143 Å². The molecule has 0 saturated heterocycles. The summed E-state index contributed by atoms with van der Waals surface area (Å²) in [6, 6.07) is 13.6. The van der Waals surface area contributed by atoms with Gasteiger partial charge in [-0.2, -0.15) is 5.26 Å². The van der Waals surface area contributed by atoms with Gasteiger partial charge >= 0.3 is 0 Å². The van der Waals surface area contributed by atoms with E-state index in [0.717, 1.165) is 5.56 Å². The second-order valence-electron chi connectivity index (χ2n) is 6.82. The number of hydrogen-bond acceptors (Lipinski definition) is 3. The van der Waals surface area contributed by atoms with Crippen LogP contribution in [0.3, 0.4) is 0 Å². The summed E-state index contributed by atoms with van der Waals surface area (Å²) in [6.45, 7) is 7.29. The first-order valence-corrected chi connectivity index (χ1v) is 8.07. The highest BCUT2D eigenvalue weighted by Gasteiger charge is 2.18. The number of carbonyl (C=O) groups is 1. The van der Waals surface area contributed by atoms with Crippen molar-refractivity contribution in [3.8, 4) is 6.07 Å². The van der Waals surface area contributed by atoms with Gasteiger partial charge in [0.15, 0.2) is 0 Å². The van der Waals surface area contributed by atoms with Crippen molar-refractivity contribution < 1.29 is 4.79 Å². The quantitative estimate of drug-likeness (QED) is 0.838. The van der Waals surface area contributed by atoms with Crippen molar-refractivity contribution in [2.45, 2.75) is 39.2 Å². The van der Waals surface area contributed by atoms with Crippen LogP contribution in [0.25, 0.3) is 0 Å². The Kier molecular flexibility index (Phi) is 5.70. The summed E-state index contributed by atoms with van der Waals surface area (Å²) in [5.41, 5.74) is 2.84. The largest absolute Gasteiger partial charge is 0.333 e. The van der Waals surface area contributed by atoms with E-state index in [4.69, 9.17) is 5.26 Å². The average molecular weight is 321 g/mol. The van der Waals surface area contributed by atoms with Crippen LogP contribution in [0.2, 0.25) is 0 Å². The van der Waals surface area contributed by atoms with Gasteiger partial charge < -0.3 is 4.90 Å². The molecule has 4 heteroatoms. The van der Waals surface area contributed by atoms with Gasteiger partial charge in [-0.25, -0.2) is 0 Å². The highest BCUT2D eigenvalue weighted by molar-refractivity contribution is 5.94. The standard InChI is InChI=1S/C20H23N3O/c1-20(2,3)18-9-7-17(8-10-18)19(24)23(13-5-11-21)15-16-6-4-12-22-14-16/h4,6-10,12,14H,5,13,15H2,1-3H3. The summed E-state index contributed by atoms with van der Waals surface area (Å²) in [5, 5.41) is 8.86. The van der Waals surface area contributed by atoms with Gasteiger partial charge in [0.2, 0.25) is 0 Å². The van der Waals surface area contributed by atoms with Crippen molar-refractivity contribution in [1.82, 2.24) is 9.88 Å². The number of nitrogens with zero attached hydrogens (tertiary/aromatic N) is 3. The monoisotopic (exact) mass is 321 g/mol. The third-order valence-corrected chi connectivity index (χ3v) is 3.87. The van der Waals surface area contributed by atoms with Gasteiger partial charge in [0.05, 0.1) is 12.5 Å². The van der Waals surface area contributed by atoms with Crippen molar-refractivity contribution in [3.63, 3.8) is 0 Å². The van der Waals surface area contributed by atoms with Crippen LogP contribution in [0.1, 0.15) is 48.7 Å². The maximum Gasteiger partial charge on any atom is 0.254 e. The Morgan fingerprint density at radius 2 is 1.92 bits per heavy atom. The lowest BCUT2D eigenvalue weighted by Crippen LogP contribution is -2.31. The van der Waals surface area contributed by atoms with E-state index >= 15 is 0 Å². The first kappa shape index (κ1) is 17.7. The number of nitriles is 1. The lowest BCUT2D eigenvalue weighted by molar-refractivity contribution is 0.0746. The molecule has 0 N–H and O–H groups in total. The predicted molar refractivity (Wildman–Crippen MR) is 94.3 cm³/mol. The van der Waals surface area contributed by atoms with Crippen molar-refractivity contribution in [1.29, 1.82) is 5.26 Å². The molecule has 0 aliphatic rings. The van der Waals surface area contributed by atoms with Gasteiger partial charge in [0.1, 0.15) is 0 Å². The Balaban J connectivity index is 2.19. The summed E-state index contributed by atoms with van der Waals surface area (Å²) in [5.74, 6) is -0.0606.